The molecule has 9 heteroatoms. The van der Waals surface area contributed by atoms with E-state index in [-0.39, 0.29) is 23.7 Å². The Kier molecular flexibility index (Phi) is 6.88. The molecular formula is C23H18N3O6-. The summed E-state index contributed by atoms with van der Waals surface area (Å²) in [5.74, 6) is -1.60. The molecule has 0 spiro atoms. The van der Waals surface area contributed by atoms with Crippen LogP contribution in [0.3, 0.4) is 0 Å². The third-order valence-electron chi connectivity index (χ3n) is 4.59. The molecule has 1 atom stereocenters. The van der Waals surface area contributed by atoms with E-state index in [1.54, 1.807) is 12.1 Å². The SMILES string of the molecule is COc1cc(C(Nc2ccc(C#N)cc2)C(=O)[O-])cc([N+](=O)[O-])c1OCc1ccccc1. The first kappa shape index (κ1) is 22.1. The molecule has 0 amide bonds. The maximum atomic E-state index is 11.8. The molecule has 0 heterocycles. The maximum Gasteiger partial charge on any atom is 0.315 e. The molecule has 1 N–H and O–H groups in total. The average Bonchev–Trinajstić information content (AvgIpc) is 2.81. The summed E-state index contributed by atoms with van der Waals surface area (Å²) < 4.78 is 10.9. The maximum absolute atomic E-state index is 11.8. The van der Waals surface area contributed by atoms with Gasteiger partial charge in [0, 0.05) is 11.8 Å². The molecule has 3 aromatic carbocycles. The van der Waals surface area contributed by atoms with E-state index in [2.05, 4.69) is 5.32 Å². The molecule has 0 saturated carbocycles. The van der Waals surface area contributed by atoms with Gasteiger partial charge in [-0.05, 0) is 41.5 Å². The number of methoxy groups -OCH3 is 1. The third-order valence-corrected chi connectivity index (χ3v) is 4.59. The fourth-order valence-electron chi connectivity index (χ4n) is 3.02. The summed E-state index contributed by atoms with van der Waals surface area (Å²) in [6.45, 7) is 0.0603. The van der Waals surface area contributed by atoms with Crippen molar-refractivity contribution in [2.45, 2.75) is 12.6 Å². The van der Waals surface area contributed by atoms with Crippen molar-refractivity contribution in [2.75, 3.05) is 12.4 Å². The van der Waals surface area contributed by atoms with E-state index in [9.17, 15) is 20.0 Å². The number of carboxylic acid groups (broad SMARTS) is 1. The number of nitrogens with one attached hydrogen (secondary N) is 1. The monoisotopic (exact) mass is 432 g/mol. The van der Waals surface area contributed by atoms with Gasteiger partial charge >= 0.3 is 5.69 Å². The molecule has 9 nitrogen and oxygen atoms in total. The van der Waals surface area contributed by atoms with Crippen LogP contribution in [0.2, 0.25) is 0 Å². The standard InChI is InChI=1S/C23H19N3O6/c1-31-20-12-17(21(23(27)28)25-18-9-7-15(13-24)8-10-18)11-19(26(29)30)22(20)32-14-16-5-3-2-4-6-16/h2-12,21,25H,14H2,1H3,(H,27,28)/p-1. The summed E-state index contributed by atoms with van der Waals surface area (Å²) in [7, 11) is 1.31. The van der Waals surface area contributed by atoms with Crippen LogP contribution in [0.1, 0.15) is 22.7 Å². The van der Waals surface area contributed by atoms with Crippen LogP contribution in [-0.2, 0) is 11.4 Å². The molecule has 162 valence electrons. The fraction of sp³-hybridized carbons (Fsp3) is 0.130. The van der Waals surface area contributed by atoms with Crippen molar-refractivity contribution in [2.24, 2.45) is 0 Å². The molecule has 3 aromatic rings. The number of nitro groups is 1. The Labute approximate surface area is 183 Å². The van der Waals surface area contributed by atoms with E-state index in [0.29, 0.717) is 11.3 Å². The van der Waals surface area contributed by atoms with Gasteiger partial charge in [-0.1, -0.05) is 30.3 Å². The van der Waals surface area contributed by atoms with Crippen LogP contribution in [0, 0.1) is 21.4 Å². The average molecular weight is 432 g/mol. The van der Waals surface area contributed by atoms with E-state index in [1.165, 1.54) is 37.4 Å². The number of nitriles is 1. The number of ether oxygens (including phenoxy) is 2. The van der Waals surface area contributed by atoms with Crippen molar-refractivity contribution in [3.8, 4) is 17.6 Å². The van der Waals surface area contributed by atoms with E-state index < -0.39 is 22.6 Å². The van der Waals surface area contributed by atoms with Gasteiger partial charge in [0.25, 0.3) is 0 Å². The molecule has 0 saturated heterocycles. The second-order valence-corrected chi connectivity index (χ2v) is 6.69. The lowest BCUT2D eigenvalue weighted by molar-refractivity contribution is -0.386. The summed E-state index contributed by atoms with van der Waals surface area (Å²) >= 11 is 0. The minimum atomic E-state index is -1.50. The van der Waals surface area contributed by atoms with E-state index in [1.807, 2.05) is 24.3 Å². The summed E-state index contributed by atoms with van der Waals surface area (Å²) in [4.78, 5) is 22.9. The van der Waals surface area contributed by atoms with Crippen molar-refractivity contribution >= 4 is 17.3 Å². The van der Waals surface area contributed by atoms with Crippen molar-refractivity contribution in [1.82, 2.24) is 0 Å². The van der Waals surface area contributed by atoms with Gasteiger partial charge in [-0.15, -0.1) is 0 Å². The van der Waals surface area contributed by atoms with Gasteiger partial charge in [0.1, 0.15) is 6.61 Å². The summed E-state index contributed by atoms with van der Waals surface area (Å²) in [6, 6.07) is 18.2. The lowest BCUT2D eigenvalue weighted by atomic mass is 10.0. The molecule has 0 aromatic heterocycles. The van der Waals surface area contributed by atoms with Crippen LogP contribution >= 0.6 is 0 Å². The highest BCUT2D eigenvalue weighted by Gasteiger charge is 2.26. The van der Waals surface area contributed by atoms with Gasteiger partial charge in [-0.3, -0.25) is 10.1 Å². The Morgan fingerprint density at radius 3 is 2.41 bits per heavy atom. The first-order chi connectivity index (χ1) is 15.4. The number of nitrogens with zero attached hydrogens (tertiary/aromatic N) is 2. The Hall–Kier alpha value is -4.58. The molecule has 0 aliphatic rings. The smallest absolute Gasteiger partial charge is 0.315 e. The van der Waals surface area contributed by atoms with Crippen LogP contribution in [0.5, 0.6) is 11.5 Å². The summed E-state index contributed by atoms with van der Waals surface area (Å²) in [6.07, 6.45) is 0. The number of anilines is 1. The van der Waals surface area contributed by atoms with Crippen molar-refractivity contribution < 1.29 is 24.3 Å². The molecular weight excluding hydrogens is 414 g/mol. The lowest BCUT2D eigenvalue weighted by Gasteiger charge is -2.22. The second kappa shape index (κ2) is 9.95. The molecule has 0 aliphatic carbocycles. The molecule has 0 fully saturated rings. The van der Waals surface area contributed by atoms with E-state index in [0.717, 1.165) is 11.6 Å². The van der Waals surface area contributed by atoms with Crippen molar-refractivity contribution in [3.05, 3.63) is 93.5 Å². The van der Waals surface area contributed by atoms with Crippen LogP contribution in [0.4, 0.5) is 11.4 Å². The largest absolute Gasteiger partial charge is 0.548 e. The highest BCUT2D eigenvalue weighted by Crippen LogP contribution is 2.40. The second-order valence-electron chi connectivity index (χ2n) is 6.69. The van der Waals surface area contributed by atoms with Crippen LogP contribution in [-0.4, -0.2) is 18.0 Å². The number of carbonyl (C=O) groups excluding carboxylic acids is 1. The first-order valence-electron chi connectivity index (χ1n) is 9.43. The van der Waals surface area contributed by atoms with Gasteiger partial charge in [-0.2, -0.15) is 5.26 Å². The minimum absolute atomic E-state index is 0.0120. The Balaban J connectivity index is 1.96. The normalized spacial score (nSPS) is 11.1. The van der Waals surface area contributed by atoms with Crippen LogP contribution < -0.4 is 19.9 Å². The fourth-order valence-corrected chi connectivity index (χ4v) is 3.02. The molecule has 3 rings (SSSR count). The number of rotatable bonds is 9. The lowest BCUT2D eigenvalue weighted by Crippen LogP contribution is -2.34. The minimum Gasteiger partial charge on any atom is -0.548 e. The molecule has 0 bridgehead atoms. The quantitative estimate of drug-likeness (QED) is 0.402. The van der Waals surface area contributed by atoms with Gasteiger partial charge in [0.05, 0.1) is 35.7 Å². The molecule has 0 radical (unpaired) electrons. The Bertz CT molecular complexity index is 1160. The number of carboxylic acids is 1. The number of carbonyl (C=O) groups is 1. The zero-order chi connectivity index (χ0) is 23.1. The zero-order valence-electron chi connectivity index (χ0n) is 17.0. The first-order valence-corrected chi connectivity index (χ1v) is 9.43. The summed E-state index contributed by atoms with van der Waals surface area (Å²) in [5.41, 5.74) is 1.19. The van der Waals surface area contributed by atoms with E-state index >= 15 is 0 Å². The van der Waals surface area contributed by atoms with Gasteiger partial charge in [0.15, 0.2) is 5.75 Å². The Morgan fingerprint density at radius 1 is 1.16 bits per heavy atom. The Morgan fingerprint density at radius 2 is 1.84 bits per heavy atom. The van der Waals surface area contributed by atoms with Gasteiger partial charge in [0.2, 0.25) is 5.75 Å². The predicted octanol–water partition coefficient (Wildman–Crippen LogP) is 2.96. The highest BCUT2D eigenvalue weighted by molar-refractivity contribution is 5.79. The predicted molar refractivity (Wildman–Crippen MR) is 113 cm³/mol. The van der Waals surface area contributed by atoms with Crippen LogP contribution in [0.15, 0.2) is 66.7 Å². The third kappa shape index (κ3) is 5.12. The van der Waals surface area contributed by atoms with E-state index in [4.69, 9.17) is 14.7 Å². The number of hydrogen-bond acceptors (Lipinski definition) is 8. The summed E-state index contributed by atoms with van der Waals surface area (Å²) in [5, 5.41) is 35.2. The zero-order valence-corrected chi connectivity index (χ0v) is 17.0. The van der Waals surface area contributed by atoms with Gasteiger partial charge < -0.3 is 24.7 Å². The highest BCUT2D eigenvalue weighted by atomic mass is 16.6. The number of hydrogen-bond donors (Lipinski definition) is 1. The number of aliphatic carboxylic acids is 1. The van der Waals surface area contributed by atoms with Gasteiger partial charge in [-0.25, -0.2) is 0 Å². The molecule has 32 heavy (non-hydrogen) atoms. The number of nitro benzene ring substituents is 1. The topological polar surface area (TPSA) is 138 Å². The molecule has 0 aliphatic heterocycles. The van der Waals surface area contributed by atoms with Crippen LogP contribution in [0.25, 0.3) is 0 Å². The van der Waals surface area contributed by atoms with Crippen molar-refractivity contribution in [3.63, 3.8) is 0 Å². The number of benzene rings is 3. The van der Waals surface area contributed by atoms with Crippen molar-refractivity contribution in [1.29, 1.82) is 5.26 Å². The molecule has 1 unspecified atom stereocenters.